The van der Waals surface area contributed by atoms with Gasteiger partial charge in [0.25, 0.3) is 0 Å². The van der Waals surface area contributed by atoms with Crippen LogP contribution in [0.2, 0.25) is 0 Å². The molecule has 2 aromatic carbocycles. The van der Waals surface area contributed by atoms with Crippen LogP contribution in [0.1, 0.15) is 12.8 Å². The molecule has 136 valence electrons. The van der Waals surface area contributed by atoms with Crippen molar-refractivity contribution in [2.45, 2.75) is 12.8 Å². The van der Waals surface area contributed by atoms with E-state index in [4.69, 9.17) is 0 Å². The minimum atomic E-state index is -0.519. The largest absolute Gasteiger partial charge is 0.323 e. The van der Waals surface area contributed by atoms with E-state index in [1.54, 1.807) is 24.3 Å². The van der Waals surface area contributed by atoms with Gasteiger partial charge in [0, 0.05) is 24.2 Å². The second kappa shape index (κ2) is 6.76. The van der Waals surface area contributed by atoms with E-state index < -0.39 is 11.8 Å². The van der Waals surface area contributed by atoms with Gasteiger partial charge in [-0.15, -0.1) is 0 Å². The van der Waals surface area contributed by atoms with Crippen molar-refractivity contribution < 1.29 is 18.8 Å². The SMILES string of the molecule is O=C(Nc1cccc(F)c1)Nc1ccc2nc(N3C(=O)CCC3=O)sc2c1. The van der Waals surface area contributed by atoms with Crippen LogP contribution >= 0.6 is 11.3 Å². The van der Waals surface area contributed by atoms with Gasteiger partial charge in [0.15, 0.2) is 5.13 Å². The summed E-state index contributed by atoms with van der Waals surface area (Å²) in [5.41, 5.74) is 1.46. The molecule has 1 fully saturated rings. The number of anilines is 3. The molecule has 1 aliphatic rings. The lowest BCUT2D eigenvalue weighted by atomic mass is 10.3. The topological polar surface area (TPSA) is 91.4 Å². The molecule has 9 heteroatoms. The summed E-state index contributed by atoms with van der Waals surface area (Å²) in [6.45, 7) is 0. The number of aromatic nitrogens is 1. The molecule has 0 unspecified atom stereocenters. The number of nitrogens with one attached hydrogen (secondary N) is 2. The summed E-state index contributed by atoms with van der Waals surface area (Å²) >= 11 is 1.20. The summed E-state index contributed by atoms with van der Waals surface area (Å²) in [5.74, 6) is -0.962. The van der Waals surface area contributed by atoms with Gasteiger partial charge in [-0.05, 0) is 36.4 Å². The van der Waals surface area contributed by atoms with Gasteiger partial charge in [-0.3, -0.25) is 9.59 Å². The van der Waals surface area contributed by atoms with Gasteiger partial charge in [-0.2, -0.15) is 0 Å². The van der Waals surface area contributed by atoms with Crippen molar-refractivity contribution in [1.82, 2.24) is 4.98 Å². The molecular weight excluding hydrogens is 371 g/mol. The Morgan fingerprint density at radius 3 is 2.44 bits per heavy atom. The zero-order valence-corrected chi connectivity index (χ0v) is 14.7. The van der Waals surface area contributed by atoms with Crippen molar-refractivity contribution in [2.24, 2.45) is 0 Å². The van der Waals surface area contributed by atoms with E-state index in [1.807, 2.05) is 0 Å². The quantitative estimate of drug-likeness (QED) is 0.673. The van der Waals surface area contributed by atoms with E-state index >= 15 is 0 Å². The first-order valence-electron chi connectivity index (χ1n) is 8.09. The lowest BCUT2D eigenvalue weighted by Crippen LogP contribution is -2.28. The number of nitrogens with zero attached hydrogens (tertiary/aromatic N) is 2. The predicted molar refractivity (Wildman–Crippen MR) is 100 cm³/mol. The molecule has 1 aliphatic heterocycles. The number of urea groups is 1. The second-order valence-electron chi connectivity index (χ2n) is 5.89. The highest BCUT2D eigenvalue weighted by Crippen LogP contribution is 2.33. The van der Waals surface area contributed by atoms with Crippen molar-refractivity contribution in [3.05, 3.63) is 48.3 Å². The van der Waals surface area contributed by atoms with Gasteiger partial charge >= 0.3 is 6.03 Å². The summed E-state index contributed by atoms with van der Waals surface area (Å²) in [4.78, 5) is 41.2. The van der Waals surface area contributed by atoms with E-state index in [9.17, 15) is 18.8 Å². The molecule has 1 aromatic heterocycles. The fourth-order valence-corrected chi connectivity index (χ4v) is 3.78. The van der Waals surface area contributed by atoms with Crippen molar-refractivity contribution in [3.8, 4) is 0 Å². The first-order chi connectivity index (χ1) is 13.0. The number of imide groups is 1. The van der Waals surface area contributed by atoms with E-state index in [0.29, 0.717) is 22.0 Å². The van der Waals surface area contributed by atoms with Gasteiger partial charge < -0.3 is 10.6 Å². The van der Waals surface area contributed by atoms with Gasteiger partial charge in [-0.25, -0.2) is 19.1 Å². The fourth-order valence-electron chi connectivity index (χ4n) is 2.74. The monoisotopic (exact) mass is 384 g/mol. The van der Waals surface area contributed by atoms with Crippen LogP contribution in [-0.2, 0) is 9.59 Å². The molecule has 4 amide bonds. The minimum absolute atomic E-state index is 0.196. The Kier molecular flexibility index (Phi) is 4.28. The van der Waals surface area contributed by atoms with Gasteiger partial charge in [0.1, 0.15) is 5.82 Å². The average molecular weight is 384 g/mol. The van der Waals surface area contributed by atoms with Gasteiger partial charge in [0.2, 0.25) is 11.8 Å². The number of carbonyl (C=O) groups excluding carboxylic acids is 3. The Morgan fingerprint density at radius 2 is 1.74 bits per heavy atom. The minimum Gasteiger partial charge on any atom is -0.308 e. The summed E-state index contributed by atoms with van der Waals surface area (Å²) < 4.78 is 13.9. The number of benzene rings is 2. The number of thiazole rings is 1. The standard InChI is InChI=1S/C18H13FN4O3S/c19-10-2-1-3-11(8-10)20-17(26)21-12-4-5-13-14(9-12)27-18(22-13)23-15(24)6-7-16(23)25/h1-5,8-9H,6-7H2,(H2,20,21,26). The number of hydrogen-bond acceptors (Lipinski definition) is 5. The molecule has 0 atom stereocenters. The van der Waals surface area contributed by atoms with Crippen LogP contribution in [0.15, 0.2) is 42.5 Å². The Bertz CT molecular complexity index is 1070. The second-order valence-corrected chi connectivity index (χ2v) is 6.90. The zero-order valence-electron chi connectivity index (χ0n) is 13.9. The summed E-state index contributed by atoms with van der Waals surface area (Å²) in [6.07, 6.45) is 0.392. The third-order valence-corrected chi connectivity index (χ3v) is 4.96. The number of hydrogen-bond donors (Lipinski definition) is 2. The first kappa shape index (κ1) is 17.1. The van der Waals surface area contributed by atoms with Crippen LogP contribution in [0.4, 0.5) is 25.7 Å². The van der Waals surface area contributed by atoms with Crippen LogP contribution in [0.25, 0.3) is 10.2 Å². The van der Waals surface area contributed by atoms with Crippen molar-refractivity contribution in [2.75, 3.05) is 15.5 Å². The fraction of sp³-hybridized carbons (Fsp3) is 0.111. The number of rotatable bonds is 3. The maximum absolute atomic E-state index is 13.2. The van der Waals surface area contributed by atoms with Crippen LogP contribution < -0.4 is 15.5 Å². The first-order valence-corrected chi connectivity index (χ1v) is 8.91. The maximum atomic E-state index is 13.2. The molecule has 4 rings (SSSR count). The summed E-state index contributed by atoms with van der Waals surface area (Å²) in [7, 11) is 0. The van der Waals surface area contributed by atoms with Gasteiger partial charge in [0.05, 0.1) is 10.2 Å². The van der Waals surface area contributed by atoms with E-state index in [1.165, 1.54) is 29.5 Å². The highest BCUT2D eigenvalue weighted by Gasteiger charge is 2.32. The molecule has 3 aromatic rings. The zero-order chi connectivity index (χ0) is 19.0. The number of fused-ring (bicyclic) bond motifs is 1. The molecule has 0 bridgehead atoms. The van der Waals surface area contributed by atoms with Crippen LogP contribution in [0, 0.1) is 5.82 Å². The smallest absolute Gasteiger partial charge is 0.308 e. The normalized spacial score (nSPS) is 14.0. The Morgan fingerprint density at radius 1 is 1.04 bits per heavy atom. The molecule has 1 saturated heterocycles. The van der Waals surface area contributed by atoms with Crippen LogP contribution in [0.3, 0.4) is 0 Å². The molecule has 0 aliphatic carbocycles. The number of halogens is 1. The summed E-state index contributed by atoms with van der Waals surface area (Å²) in [6, 6.07) is 10.1. The third-order valence-electron chi connectivity index (χ3n) is 3.96. The maximum Gasteiger partial charge on any atom is 0.323 e. The average Bonchev–Trinajstić information content (AvgIpc) is 3.16. The Labute approximate surface area is 156 Å². The Hall–Kier alpha value is -3.33. The predicted octanol–water partition coefficient (Wildman–Crippen LogP) is 3.73. The molecule has 27 heavy (non-hydrogen) atoms. The lowest BCUT2D eigenvalue weighted by molar-refractivity contribution is -0.121. The molecule has 0 saturated carbocycles. The Balaban J connectivity index is 1.52. The van der Waals surface area contributed by atoms with Crippen LogP contribution in [0.5, 0.6) is 0 Å². The highest BCUT2D eigenvalue weighted by atomic mass is 32.1. The highest BCUT2D eigenvalue weighted by molar-refractivity contribution is 7.22. The lowest BCUT2D eigenvalue weighted by Gasteiger charge is -2.07. The van der Waals surface area contributed by atoms with Crippen LogP contribution in [-0.4, -0.2) is 22.8 Å². The third kappa shape index (κ3) is 3.49. The summed E-state index contributed by atoms with van der Waals surface area (Å²) in [5, 5.41) is 5.53. The molecule has 0 radical (unpaired) electrons. The van der Waals surface area contributed by atoms with E-state index in [-0.39, 0.29) is 24.7 Å². The molecule has 2 heterocycles. The molecule has 7 nitrogen and oxygen atoms in total. The van der Waals surface area contributed by atoms with E-state index in [0.717, 1.165) is 9.60 Å². The van der Waals surface area contributed by atoms with Crippen molar-refractivity contribution in [3.63, 3.8) is 0 Å². The molecular formula is C18H13FN4O3S. The number of carbonyl (C=O) groups is 3. The number of amides is 4. The molecule has 2 N–H and O–H groups in total. The van der Waals surface area contributed by atoms with E-state index in [2.05, 4.69) is 15.6 Å². The molecule has 0 spiro atoms. The van der Waals surface area contributed by atoms with Crippen molar-refractivity contribution >= 4 is 55.9 Å². The van der Waals surface area contributed by atoms with Crippen molar-refractivity contribution in [1.29, 1.82) is 0 Å². The van der Waals surface area contributed by atoms with Gasteiger partial charge in [-0.1, -0.05) is 17.4 Å².